The van der Waals surface area contributed by atoms with Gasteiger partial charge in [0.05, 0.1) is 24.1 Å². The molecule has 0 radical (unpaired) electrons. The standard InChI is InChI=1S/C21H23FN6O4/c1-12-10-27(11-24-21(31)32-22)20(30)18-8-17(26-28(12)18)15-6-3-13(9-23-2)7-16(15)25-19(29)14-4-5-14/h3,6-9,12,14H,4-5,10-11H2,1-2H3,(H,24,31)(H,25,29)/t12-/m0/s1. The van der Waals surface area contributed by atoms with E-state index in [0.29, 0.717) is 22.6 Å². The van der Waals surface area contributed by atoms with Gasteiger partial charge in [-0.3, -0.25) is 19.3 Å². The van der Waals surface area contributed by atoms with Gasteiger partial charge in [-0.1, -0.05) is 6.07 Å². The molecule has 32 heavy (non-hydrogen) atoms. The highest BCUT2D eigenvalue weighted by Gasteiger charge is 2.33. The van der Waals surface area contributed by atoms with E-state index in [1.165, 1.54) is 4.90 Å². The average molecular weight is 442 g/mol. The minimum atomic E-state index is -1.27. The quantitative estimate of drug-likeness (QED) is 0.667. The molecule has 2 heterocycles. The topological polar surface area (TPSA) is 118 Å². The van der Waals surface area contributed by atoms with Crippen LogP contribution in [0.4, 0.5) is 15.0 Å². The van der Waals surface area contributed by atoms with Crippen molar-refractivity contribution < 1.29 is 23.9 Å². The number of benzene rings is 1. The smallest absolute Gasteiger partial charge is 0.325 e. The first-order valence-corrected chi connectivity index (χ1v) is 10.2. The van der Waals surface area contributed by atoms with Crippen molar-refractivity contribution in [2.75, 3.05) is 25.6 Å². The molecule has 10 nitrogen and oxygen atoms in total. The Kier molecular flexibility index (Phi) is 5.89. The van der Waals surface area contributed by atoms with Gasteiger partial charge in [0, 0.05) is 35.8 Å². The third kappa shape index (κ3) is 4.32. The minimum absolute atomic E-state index is 0.0280. The molecule has 11 heteroatoms. The minimum Gasteiger partial charge on any atom is -0.325 e. The van der Waals surface area contributed by atoms with E-state index in [-0.39, 0.29) is 37.0 Å². The maximum Gasteiger partial charge on any atom is 0.446 e. The Hall–Kier alpha value is -3.76. The summed E-state index contributed by atoms with van der Waals surface area (Å²) in [5.74, 6) is -0.373. The van der Waals surface area contributed by atoms with E-state index in [0.717, 1.165) is 18.4 Å². The van der Waals surface area contributed by atoms with Crippen molar-refractivity contribution in [1.82, 2.24) is 20.0 Å². The van der Waals surface area contributed by atoms with E-state index in [9.17, 15) is 18.9 Å². The number of anilines is 1. The van der Waals surface area contributed by atoms with Gasteiger partial charge >= 0.3 is 6.09 Å². The summed E-state index contributed by atoms with van der Waals surface area (Å²) in [6, 6.07) is 6.98. The fourth-order valence-electron chi connectivity index (χ4n) is 3.68. The molecule has 2 aliphatic rings. The number of carbonyl (C=O) groups is 3. The molecule has 1 aliphatic heterocycles. The number of rotatable bonds is 6. The van der Waals surface area contributed by atoms with Gasteiger partial charge in [0.15, 0.2) is 0 Å². The summed E-state index contributed by atoms with van der Waals surface area (Å²) in [6.45, 7) is 1.96. The van der Waals surface area contributed by atoms with Crippen molar-refractivity contribution in [2.45, 2.75) is 25.8 Å². The molecule has 1 fully saturated rings. The van der Waals surface area contributed by atoms with Gasteiger partial charge in [-0.25, -0.2) is 9.74 Å². The van der Waals surface area contributed by atoms with Crippen LogP contribution in [0.3, 0.4) is 0 Å². The molecule has 3 amide bonds. The zero-order valence-electron chi connectivity index (χ0n) is 17.7. The lowest BCUT2D eigenvalue weighted by Crippen LogP contribution is -2.47. The molecule has 1 aromatic carbocycles. The van der Waals surface area contributed by atoms with Crippen LogP contribution >= 0.6 is 0 Å². The summed E-state index contributed by atoms with van der Waals surface area (Å²) >= 11 is 0. The Morgan fingerprint density at radius 2 is 2.12 bits per heavy atom. The number of aliphatic imine (C=N–C) groups is 1. The molecule has 0 bridgehead atoms. The lowest BCUT2D eigenvalue weighted by molar-refractivity contribution is -0.117. The monoisotopic (exact) mass is 442 g/mol. The van der Waals surface area contributed by atoms with Gasteiger partial charge in [-0.05, 0) is 43.5 Å². The van der Waals surface area contributed by atoms with Gasteiger partial charge in [0.1, 0.15) is 5.69 Å². The summed E-state index contributed by atoms with van der Waals surface area (Å²) in [5, 5.41) is 9.76. The molecule has 168 valence electrons. The van der Waals surface area contributed by atoms with Crippen LogP contribution in [0, 0.1) is 5.92 Å². The third-order valence-electron chi connectivity index (χ3n) is 5.43. The summed E-state index contributed by atoms with van der Waals surface area (Å²) in [5.41, 5.74) is 2.96. The van der Waals surface area contributed by atoms with Gasteiger partial charge in [-0.15, -0.1) is 0 Å². The second-order valence-corrected chi connectivity index (χ2v) is 7.89. The Balaban J connectivity index is 1.65. The first-order valence-electron chi connectivity index (χ1n) is 10.2. The van der Waals surface area contributed by atoms with Crippen LogP contribution in [0.1, 0.15) is 41.9 Å². The highest BCUT2D eigenvalue weighted by Crippen LogP contribution is 2.34. The first-order chi connectivity index (χ1) is 15.4. The molecule has 1 saturated carbocycles. The maximum absolute atomic E-state index is 12.9. The lowest BCUT2D eigenvalue weighted by atomic mass is 10.1. The SMILES string of the molecule is CN=Cc1ccc(-c2cc3n(n2)[C@@H](C)CN(CNC(=O)OF)C3=O)c(NC(=O)C2CC2)c1. The number of aromatic nitrogens is 2. The Labute approximate surface area is 183 Å². The summed E-state index contributed by atoms with van der Waals surface area (Å²) < 4.78 is 13.6. The second-order valence-electron chi connectivity index (χ2n) is 7.89. The van der Waals surface area contributed by atoms with Crippen molar-refractivity contribution in [3.63, 3.8) is 0 Å². The Bertz CT molecular complexity index is 1090. The van der Waals surface area contributed by atoms with Gasteiger partial charge in [0.25, 0.3) is 5.91 Å². The van der Waals surface area contributed by atoms with Crippen molar-refractivity contribution in [3.05, 3.63) is 35.5 Å². The van der Waals surface area contributed by atoms with Gasteiger partial charge < -0.3 is 15.5 Å². The molecule has 2 N–H and O–H groups in total. The van der Waals surface area contributed by atoms with Crippen molar-refractivity contribution in [1.29, 1.82) is 0 Å². The van der Waals surface area contributed by atoms with E-state index < -0.39 is 6.09 Å². The number of halogens is 1. The molecule has 4 rings (SSSR count). The van der Waals surface area contributed by atoms with Crippen LogP contribution in [-0.2, 0) is 9.74 Å². The highest BCUT2D eigenvalue weighted by atomic mass is 19.3. The number of fused-ring (bicyclic) bond motifs is 1. The maximum atomic E-state index is 12.9. The normalized spacial score (nSPS) is 17.9. The number of hydrogen-bond acceptors (Lipinski definition) is 6. The van der Waals surface area contributed by atoms with E-state index in [1.54, 1.807) is 24.0 Å². The van der Waals surface area contributed by atoms with Crippen LogP contribution in [0.25, 0.3) is 11.3 Å². The van der Waals surface area contributed by atoms with Gasteiger partial charge in [-0.2, -0.15) is 5.10 Å². The van der Waals surface area contributed by atoms with E-state index in [4.69, 9.17) is 0 Å². The number of nitrogens with zero attached hydrogens (tertiary/aromatic N) is 4. The summed E-state index contributed by atoms with van der Waals surface area (Å²) in [7, 11) is 1.67. The van der Waals surface area contributed by atoms with Crippen LogP contribution < -0.4 is 10.6 Å². The van der Waals surface area contributed by atoms with Crippen LogP contribution in [0.2, 0.25) is 0 Å². The van der Waals surface area contributed by atoms with Crippen molar-refractivity contribution >= 4 is 29.8 Å². The molecule has 2 aromatic rings. The zero-order chi connectivity index (χ0) is 22.8. The molecular formula is C21H23FN6O4. The molecule has 1 atom stereocenters. The molecule has 1 aliphatic carbocycles. The van der Waals surface area contributed by atoms with Crippen LogP contribution in [0.5, 0.6) is 0 Å². The number of amides is 3. The average Bonchev–Trinajstić information content (AvgIpc) is 3.54. The second kappa shape index (κ2) is 8.77. The number of carbonyl (C=O) groups excluding carboxylic acids is 3. The number of nitrogens with one attached hydrogen (secondary N) is 2. The third-order valence-corrected chi connectivity index (χ3v) is 5.43. The molecule has 0 spiro atoms. The fraction of sp³-hybridized carbons (Fsp3) is 0.381. The van der Waals surface area contributed by atoms with E-state index in [2.05, 4.69) is 25.7 Å². The van der Waals surface area contributed by atoms with E-state index in [1.807, 2.05) is 25.1 Å². The fourth-order valence-corrected chi connectivity index (χ4v) is 3.68. The Morgan fingerprint density at radius 1 is 1.34 bits per heavy atom. The van der Waals surface area contributed by atoms with Crippen molar-refractivity contribution in [3.8, 4) is 11.3 Å². The predicted molar refractivity (Wildman–Crippen MR) is 114 cm³/mol. The van der Waals surface area contributed by atoms with Crippen molar-refractivity contribution in [2.24, 2.45) is 10.9 Å². The van der Waals surface area contributed by atoms with Gasteiger partial charge in [0.2, 0.25) is 5.91 Å². The lowest BCUT2D eigenvalue weighted by Gasteiger charge is -2.31. The zero-order valence-corrected chi connectivity index (χ0v) is 17.7. The molecular weight excluding hydrogens is 419 g/mol. The molecule has 0 unspecified atom stereocenters. The largest absolute Gasteiger partial charge is 0.446 e. The first kappa shape index (κ1) is 21.5. The predicted octanol–water partition coefficient (Wildman–Crippen LogP) is 2.53. The summed E-state index contributed by atoms with van der Waals surface area (Å²) in [4.78, 5) is 44.8. The number of hydrogen-bond donors (Lipinski definition) is 2. The van der Waals surface area contributed by atoms with Crippen LogP contribution in [0.15, 0.2) is 29.3 Å². The highest BCUT2D eigenvalue weighted by molar-refractivity contribution is 6.00. The molecule has 0 saturated heterocycles. The van der Waals surface area contributed by atoms with Crippen LogP contribution in [-0.4, -0.2) is 59.1 Å². The summed E-state index contributed by atoms with van der Waals surface area (Å²) in [6.07, 6.45) is 2.18. The van der Waals surface area contributed by atoms with E-state index >= 15 is 0 Å². The Morgan fingerprint density at radius 3 is 2.81 bits per heavy atom. The molecule has 1 aromatic heterocycles.